The largest absolute Gasteiger partial charge is 0.465 e. The first-order valence-corrected chi connectivity index (χ1v) is 13.0. The lowest BCUT2D eigenvalue weighted by atomic mass is 9.91. The van der Waals surface area contributed by atoms with Crippen molar-refractivity contribution >= 4 is 23.8 Å². The SMILES string of the molecule is CCCC[C@@H](C(=O)C(=O)NC(C)c1ccccc1)N(C(=O)O)C1CC(C)(C)CN1C(=O)N1CCCC1. The van der Waals surface area contributed by atoms with Crippen molar-refractivity contribution in [2.45, 2.75) is 84.5 Å². The highest BCUT2D eigenvalue weighted by Gasteiger charge is 2.49. The highest BCUT2D eigenvalue weighted by Crippen LogP contribution is 2.38. The molecule has 0 radical (unpaired) electrons. The number of unbranched alkanes of at least 4 members (excludes halogenated alkanes) is 1. The number of amides is 4. The Labute approximate surface area is 213 Å². The topological polar surface area (TPSA) is 110 Å². The van der Waals surface area contributed by atoms with E-state index < -0.39 is 36.0 Å². The van der Waals surface area contributed by atoms with Gasteiger partial charge in [-0.3, -0.25) is 14.5 Å². The molecule has 2 heterocycles. The third kappa shape index (κ3) is 6.36. The van der Waals surface area contributed by atoms with Crippen LogP contribution >= 0.6 is 0 Å². The Balaban J connectivity index is 1.87. The molecule has 3 atom stereocenters. The van der Waals surface area contributed by atoms with Crippen molar-refractivity contribution in [3.63, 3.8) is 0 Å². The molecule has 0 spiro atoms. The van der Waals surface area contributed by atoms with E-state index in [4.69, 9.17) is 0 Å². The first kappa shape index (κ1) is 27.5. The number of hydrogen-bond acceptors (Lipinski definition) is 4. The van der Waals surface area contributed by atoms with E-state index in [1.807, 2.05) is 51.1 Å². The van der Waals surface area contributed by atoms with Gasteiger partial charge in [0.15, 0.2) is 0 Å². The van der Waals surface area contributed by atoms with Crippen molar-refractivity contribution < 1.29 is 24.3 Å². The molecule has 1 aromatic rings. The summed E-state index contributed by atoms with van der Waals surface area (Å²) in [4.78, 5) is 57.0. The molecule has 9 nitrogen and oxygen atoms in total. The summed E-state index contributed by atoms with van der Waals surface area (Å²) in [5.41, 5.74) is 0.523. The standard InChI is InChI=1S/C27H40N4O5/c1-5-6-14-21(23(32)24(33)28-19(2)20-12-8-7-9-13-20)31(26(35)36)22-17-27(3,4)18-30(22)25(34)29-15-10-11-16-29/h7-9,12-13,19,21-22H,5-6,10-11,14-18H2,1-4H3,(H,28,33)(H,35,36)/t19?,21-,22?/m0/s1. The van der Waals surface area contributed by atoms with Crippen molar-refractivity contribution in [3.8, 4) is 0 Å². The van der Waals surface area contributed by atoms with Gasteiger partial charge in [-0.2, -0.15) is 0 Å². The van der Waals surface area contributed by atoms with E-state index in [9.17, 15) is 24.3 Å². The Morgan fingerprint density at radius 3 is 2.36 bits per heavy atom. The molecule has 0 saturated carbocycles. The third-order valence-electron chi connectivity index (χ3n) is 7.20. The van der Waals surface area contributed by atoms with E-state index in [0.29, 0.717) is 32.5 Å². The first-order valence-electron chi connectivity index (χ1n) is 13.0. The molecule has 2 unspecified atom stereocenters. The molecule has 2 aliphatic heterocycles. The second-order valence-electron chi connectivity index (χ2n) is 10.8. The summed E-state index contributed by atoms with van der Waals surface area (Å²) < 4.78 is 0. The van der Waals surface area contributed by atoms with Crippen LogP contribution in [0.15, 0.2) is 30.3 Å². The molecule has 4 amide bonds. The highest BCUT2D eigenvalue weighted by atomic mass is 16.4. The average molecular weight is 501 g/mol. The van der Waals surface area contributed by atoms with Gasteiger partial charge in [-0.1, -0.05) is 63.9 Å². The minimum absolute atomic E-state index is 0.196. The Kier molecular flexibility index (Phi) is 8.98. The second-order valence-corrected chi connectivity index (χ2v) is 10.8. The Bertz CT molecular complexity index is 945. The molecule has 0 aromatic heterocycles. The van der Waals surface area contributed by atoms with E-state index >= 15 is 0 Å². The van der Waals surface area contributed by atoms with Crippen molar-refractivity contribution in [1.29, 1.82) is 0 Å². The minimum atomic E-state index is -1.30. The fourth-order valence-corrected chi connectivity index (χ4v) is 5.28. The molecule has 0 bridgehead atoms. The Hall–Kier alpha value is -3.10. The molecule has 1 aromatic carbocycles. The first-order chi connectivity index (χ1) is 17.1. The van der Waals surface area contributed by atoms with E-state index in [1.54, 1.807) is 16.7 Å². The van der Waals surface area contributed by atoms with Gasteiger partial charge in [0.05, 0.1) is 6.04 Å². The van der Waals surface area contributed by atoms with Crippen LogP contribution in [0.2, 0.25) is 0 Å². The number of carbonyl (C=O) groups is 4. The number of Topliss-reactive ketones (excluding diaryl/α,β-unsaturated/α-hetero) is 1. The van der Waals surface area contributed by atoms with Gasteiger partial charge >= 0.3 is 12.1 Å². The number of carbonyl (C=O) groups excluding carboxylic acids is 3. The molecule has 36 heavy (non-hydrogen) atoms. The predicted molar refractivity (Wildman–Crippen MR) is 136 cm³/mol. The Morgan fingerprint density at radius 2 is 1.78 bits per heavy atom. The maximum absolute atomic E-state index is 13.5. The normalized spacial score (nSPS) is 20.6. The van der Waals surface area contributed by atoms with Crippen LogP contribution in [0.5, 0.6) is 0 Å². The van der Waals surface area contributed by atoms with Crippen LogP contribution in [-0.4, -0.2) is 75.5 Å². The Morgan fingerprint density at radius 1 is 1.14 bits per heavy atom. The van der Waals surface area contributed by atoms with Crippen molar-refractivity contribution in [2.24, 2.45) is 5.41 Å². The average Bonchev–Trinajstić information content (AvgIpc) is 3.48. The molecule has 3 rings (SSSR count). The summed E-state index contributed by atoms with van der Waals surface area (Å²) in [6, 6.07) is 7.51. The van der Waals surface area contributed by atoms with Crippen molar-refractivity contribution in [1.82, 2.24) is 20.0 Å². The van der Waals surface area contributed by atoms with Crippen LogP contribution in [0.1, 0.15) is 77.8 Å². The zero-order valence-corrected chi connectivity index (χ0v) is 21.9. The lowest BCUT2D eigenvalue weighted by Gasteiger charge is -2.39. The fourth-order valence-electron chi connectivity index (χ4n) is 5.28. The summed E-state index contributed by atoms with van der Waals surface area (Å²) in [5, 5.41) is 13.1. The molecular formula is C27H40N4O5. The summed E-state index contributed by atoms with van der Waals surface area (Å²) in [5.74, 6) is -1.60. The molecule has 0 aliphatic carbocycles. The molecule has 198 valence electrons. The van der Waals surface area contributed by atoms with Gasteiger partial charge in [0, 0.05) is 19.6 Å². The van der Waals surface area contributed by atoms with E-state index in [1.165, 1.54) is 0 Å². The number of carboxylic acid groups (broad SMARTS) is 1. The highest BCUT2D eigenvalue weighted by molar-refractivity contribution is 6.38. The van der Waals surface area contributed by atoms with Gasteiger partial charge in [-0.05, 0) is 43.6 Å². The predicted octanol–water partition coefficient (Wildman–Crippen LogP) is 4.25. The zero-order chi connectivity index (χ0) is 26.5. The fraction of sp³-hybridized carbons (Fsp3) is 0.630. The quantitative estimate of drug-likeness (QED) is 0.493. The van der Waals surface area contributed by atoms with Gasteiger partial charge in [0.25, 0.3) is 5.91 Å². The van der Waals surface area contributed by atoms with Gasteiger partial charge in [0.2, 0.25) is 5.78 Å². The number of hydrogen-bond donors (Lipinski definition) is 2. The number of likely N-dealkylation sites (tertiary alicyclic amines) is 2. The second kappa shape index (κ2) is 11.8. The summed E-state index contributed by atoms with van der Waals surface area (Å²) in [6.45, 7) is 9.41. The van der Waals surface area contributed by atoms with Gasteiger partial charge in [-0.15, -0.1) is 0 Å². The smallest absolute Gasteiger partial charge is 0.409 e. The molecule has 2 fully saturated rings. The van der Waals surface area contributed by atoms with Gasteiger partial charge < -0.3 is 20.2 Å². The monoisotopic (exact) mass is 500 g/mol. The maximum atomic E-state index is 13.5. The number of urea groups is 1. The van der Waals surface area contributed by atoms with E-state index in [2.05, 4.69) is 5.32 Å². The van der Waals surface area contributed by atoms with Crippen LogP contribution in [0.4, 0.5) is 9.59 Å². The minimum Gasteiger partial charge on any atom is -0.465 e. The lowest BCUT2D eigenvalue weighted by Crippen LogP contribution is -2.59. The zero-order valence-electron chi connectivity index (χ0n) is 21.9. The van der Waals surface area contributed by atoms with E-state index in [0.717, 1.165) is 29.7 Å². The van der Waals surface area contributed by atoms with Crippen LogP contribution in [0.25, 0.3) is 0 Å². The van der Waals surface area contributed by atoms with E-state index in [-0.39, 0.29) is 17.9 Å². The van der Waals surface area contributed by atoms with Crippen LogP contribution in [0, 0.1) is 5.41 Å². The maximum Gasteiger partial charge on any atom is 0.409 e. The summed E-state index contributed by atoms with van der Waals surface area (Å²) in [6.07, 6.45) is 1.69. The lowest BCUT2D eigenvalue weighted by molar-refractivity contribution is -0.142. The van der Waals surface area contributed by atoms with Gasteiger partial charge in [0.1, 0.15) is 12.2 Å². The van der Waals surface area contributed by atoms with Crippen LogP contribution in [-0.2, 0) is 9.59 Å². The number of nitrogens with zero attached hydrogens (tertiary/aromatic N) is 3. The number of ketones is 1. The van der Waals surface area contributed by atoms with Crippen LogP contribution in [0.3, 0.4) is 0 Å². The third-order valence-corrected chi connectivity index (χ3v) is 7.20. The molecule has 9 heteroatoms. The van der Waals surface area contributed by atoms with Crippen molar-refractivity contribution in [3.05, 3.63) is 35.9 Å². The number of benzene rings is 1. The molecule has 2 saturated heterocycles. The number of nitrogens with one attached hydrogen (secondary N) is 1. The summed E-state index contributed by atoms with van der Waals surface area (Å²) in [7, 11) is 0. The molecule has 2 aliphatic rings. The van der Waals surface area contributed by atoms with Gasteiger partial charge in [-0.25, -0.2) is 9.59 Å². The molecule has 2 N–H and O–H groups in total. The molecular weight excluding hydrogens is 460 g/mol. The van der Waals surface area contributed by atoms with Crippen LogP contribution < -0.4 is 5.32 Å². The summed E-state index contributed by atoms with van der Waals surface area (Å²) >= 11 is 0. The van der Waals surface area contributed by atoms with Crippen molar-refractivity contribution in [2.75, 3.05) is 19.6 Å². The number of rotatable bonds is 9.